The fraction of sp³-hybridized carbons (Fsp3) is 0.125. The molecule has 0 spiro atoms. The molecule has 0 saturated carbocycles. The molecule has 3 aromatic rings. The zero-order chi connectivity index (χ0) is 15.0. The minimum absolute atomic E-state index is 0.0787. The molecule has 0 bridgehead atoms. The van der Waals surface area contributed by atoms with Gasteiger partial charge in [-0.15, -0.1) is 11.3 Å². The molecule has 106 valence electrons. The molecule has 4 rings (SSSR count). The summed E-state index contributed by atoms with van der Waals surface area (Å²) in [5, 5.41) is 2.19. The molecule has 0 aliphatic carbocycles. The van der Waals surface area contributed by atoms with Crippen molar-refractivity contribution < 1.29 is 9.53 Å². The SMILES string of the molecule is CC1OC1=O.O=c1c2ccccc2sc2cc(Cl)ccc12. The molecule has 0 radical (unpaired) electrons. The molecule has 3 nitrogen and oxygen atoms in total. The molecule has 1 atom stereocenters. The molecule has 0 amide bonds. The van der Waals surface area contributed by atoms with Crippen LogP contribution in [0.15, 0.2) is 47.3 Å². The van der Waals surface area contributed by atoms with Crippen LogP contribution in [0.4, 0.5) is 0 Å². The van der Waals surface area contributed by atoms with Crippen molar-refractivity contribution in [1.82, 2.24) is 0 Å². The summed E-state index contributed by atoms with van der Waals surface area (Å²) < 4.78 is 6.22. The van der Waals surface area contributed by atoms with Crippen LogP contribution in [0.5, 0.6) is 0 Å². The number of fused-ring (bicyclic) bond motifs is 2. The maximum atomic E-state index is 12.2. The van der Waals surface area contributed by atoms with Crippen molar-refractivity contribution in [3.05, 3.63) is 57.7 Å². The summed E-state index contributed by atoms with van der Waals surface area (Å²) in [6, 6.07) is 13.0. The number of benzene rings is 2. The molecule has 1 aliphatic rings. The third kappa shape index (κ3) is 2.91. The highest BCUT2D eigenvalue weighted by molar-refractivity contribution is 7.24. The Kier molecular flexibility index (Phi) is 3.66. The van der Waals surface area contributed by atoms with Gasteiger partial charge >= 0.3 is 5.97 Å². The average molecular weight is 319 g/mol. The van der Waals surface area contributed by atoms with Gasteiger partial charge in [-0.3, -0.25) is 4.79 Å². The van der Waals surface area contributed by atoms with Crippen LogP contribution in [0, 0.1) is 0 Å². The van der Waals surface area contributed by atoms with E-state index in [0.29, 0.717) is 5.02 Å². The van der Waals surface area contributed by atoms with Crippen LogP contribution in [0.2, 0.25) is 5.02 Å². The van der Waals surface area contributed by atoms with Crippen LogP contribution < -0.4 is 5.43 Å². The van der Waals surface area contributed by atoms with Gasteiger partial charge in [-0.2, -0.15) is 0 Å². The highest BCUT2D eigenvalue weighted by Crippen LogP contribution is 2.26. The van der Waals surface area contributed by atoms with Crippen molar-refractivity contribution in [3.8, 4) is 0 Å². The first-order valence-corrected chi connectivity index (χ1v) is 7.57. The first-order valence-electron chi connectivity index (χ1n) is 6.38. The summed E-state index contributed by atoms with van der Waals surface area (Å²) in [7, 11) is 0. The second-order valence-corrected chi connectivity index (χ2v) is 6.17. The maximum absolute atomic E-state index is 12.2. The number of hydrogen-bond donors (Lipinski definition) is 0. The second kappa shape index (κ2) is 5.47. The summed E-state index contributed by atoms with van der Waals surface area (Å²) in [6.07, 6.45) is -0.0880. The van der Waals surface area contributed by atoms with Crippen molar-refractivity contribution in [2.75, 3.05) is 0 Å². The quantitative estimate of drug-likeness (QED) is 0.465. The number of carbonyl (C=O) groups excluding carboxylic acids is 1. The van der Waals surface area contributed by atoms with Gasteiger partial charge in [0, 0.05) is 25.2 Å². The topological polar surface area (TPSA) is 46.7 Å². The number of rotatable bonds is 0. The van der Waals surface area contributed by atoms with Gasteiger partial charge in [0.15, 0.2) is 11.5 Å². The largest absolute Gasteiger partial charge is 0.448 e. The summed E-state index contributed by atoms with van der Waals surface area (Å²) in [4.78, 5) is 21.8. The standard InChI is InChI=1S/C13H7ClOS.C3H4O2/c14-8-5-6-10-12(7-8)16-11-4-2-1-3-9(11)13(10)15;1-2-3(4)5-2/h1-7H;2H,1H3. The van der Waals surface area contributed by atoms with Gasteiger partial charge in [-0.05, 0) is 37.3 Å². The summed E-state index contributed by atoms with van der Waals surface area (Å²) in [6.45, 7) is 1.72. The molecular formula is C16H11ClO3S. The fourth-order valence-corrected chi connectivity index (χ4v) is 3.26. The van der Waals surface area contributed by atoms with Crippen molar-refractivity contribution in [2.45, 2.75) is 13.0 Å². The van der Waals surface area contributed by atoms with Crippen LogP contribution in [-0.4, -0.2) is 12.1 Å². The molecule has 1 fully saturated rings. The monoisotopic (exact) mass is 318 g/mol. The van der Waals surface area contributed by atoms with E-state index in [1.54, 1.807) is 30.4 Å². The number of halogens is 1. The highest BCUT2D eigenvalue weighted by Gasteiger charge is 2.31. The van der Waals surface area contributed by atoms with Gasteiger partial charge in [0.05, 0.1) is 0 Å². The molecule has 0 N–H and O–H groups in total. The van der Waals surface area contributed by atoms with Gasteiger partial charge < -0.3 is 4.74 Å². The fourth-order valence-electron chi connectivity index (χ4n) is 1.92. The van der Waals surface area contributed by atoms with E-state index in [4.69, 9.17) is 11.6 Å². The van der Waals surface area contributed by atoms with Crippen molar-refractivity contribution >= 4 is 49.1 Å². The first-order chi connectivity index (χ1) is 10.1. The predicted molar refractivity (Wildman–Crippen MR) is 86.2 cm³/mol. The third-order valence-corrected chi connectivity index (χ3v) is 4.48. The number of ether oxygens (including phenoxy) is 1. The van der Waals surface area contributed by atoms with E-state index >= 15 is 0 Å². The normalized spacial score (nSPS) is 16.3. The smallest absolute Gasteiger partial charge is 0.347 e. The van der Waals surface area contributed by atoms with E-state index < -0.39 is 0 Å². The highest BCUT2D eigenvalue weighted by atomic mass is 35.5. The van der Waals surface area contributed by atoms with E-state index in [9.17, 15) is 9.59 Å². The lowest BCUT2D eigenvalue weighted by atomic mass is 10.2. The van der Waals surface area contributed by atoms with Gasteiger partial charge in [0.25, 0.3) is 0 Å². The Hall–Kier alpha value is -1.91. The van der Waals surface area contributed by atoms with E-state index in [2.05, 4.69) is 4.74 Å². The van der Waals surface area contributed by atoms with E-state index in [-0.39, 0.29) is 17.5 Å². The summed E-state index contributed by atoms with van der Waals surface area (Å²) in [5.74, 6) is -0.0787. The maximum Gasteiger partial charge on any atom is 0.347 e. The Morgan fingerprint density at radius 1 is 1.05 bits per heavy atom. The lowest BCUT2D eigenvalue weighted by Gasteiger charge is -2.00. The molecule has 1 aromatic heterocycles. The molecule has 5 heteroatoms. The molecular weight excluding hydrogens is 308 g/mol. The summed E-state index contributed by atoms with van der Waals surface area (Å²) >= 11 is 7.52. The average Bonchev–Trinajstić information content (AvgIpc) is 3.12. The molecule has 1 aliphatic heterocycles. The van der Waals surface area contributed by atoms with Crippen LogP contribution in [0.3, 0.4) is 0 Å². The number of cyclic esters (lactones) is 1. The Morgan fingerprint density at radius 3 is 2.33 bits per heavy atom. The summed E-state index contributed by atoms with van der Waals surface area (Å²) in [5.41, 5.74) is 0.0843. The first kappa shape index (κ1) is 14.0. The molecule has 1 saturated heterocycles. The van der Waals surface area contributed by atoms with Crippen LogP contribution in [-0.2, 0) is 9.53 Å². The van der Waals surface area contributed by atoms with E-state index in [1.165, 1.54) is 0 Å². The number of epoxide rings is 1. The lowest BCUT2D eigenvalue weighted by Crippen LogP contribution is -2.00. The van der Waals surface area contributed by atoms with Gasteiger partial charge in [-0.1, -0.05) is 23.7 Å². The second-order valence-electron chi connectivity index (χ2n) is 4.65. The van der Waals surface area contributed by atoms with Crippen molar-refractivity contribution in [1.29, 1.82) is 0 Å². The molecule has 21 heavy (non-hydrogen) atoms. The van der Waals surface area contributed by atoms with E-state index in [1.807, 2.05) is 30.3 Å². The third-order valence-electron chi connectivity index (χ3n) is 3.11. The zero-order valence-electron chi connectivity index (χ0n) is 11.1. The van der Waals surface area contributed by atoms with Crippen LogP contribution >= 0.6 is 22.9 Å². The van der Waals surface area contributed by atoms with Gasteiger partial charge in [0.2, 0.25) is 0 Å². The van der Waals surface area contributed by atoms with Crippen molar-refractivity contribution in [3.63, 3.8) is 0 Å². The molecule has 2 aromatic carbocycles. The lowest BCUT2D eigenvalue weighted by molar-refractivity contribution is -0.117. The number of carbonyl (C=O) groups is 1. The number of hydrogen-bond acceptors (Lipinski definition) is 4. The zero-order valence-corrected chi connectivity index (χ0v) is 12.7. The van der Waals surface area contributed by atoms with Crippen molar-refractivity contribution in [2.24, 2.45) is 0 Å². The van der Waals surface area contributed by atoms with Gasteiger partial charge in [0.1, 0.15) is 0 Å². The Morgan fingerprint density at radius 2 is 1.67 bits per heavy atom. The molecule has 1 unspecified atom stereocenters. The molecule has 2 heterocycles. The minimum atomic E-state index is -0.0880. The predicted octanol–water partition coefficient (Wildman–Crippen LogP) is 4.00. The van der Waals surface area contributed by atoms with Crippen LogP contribution in [0.25, 0.3) is 20.2 Å². The minimum Gasteiger partial charge on any atom is -0.448 e. The van der Waals surface area contributed by atoms with Crippen LogP contribution in [0.1, 0.15) is 6.92 Å². The van der Waals surface area contributed by atoms with E-state index in [0.717, 1.165) is 20.2 Å². The Bertz CT molecular complexity index is 901. The van der Waals surface area contributed by atoms with Gasteiger partial charge in [-0.25, -0.2) is 4.79 Å². The Labute approximate surface area is 129 Å². The Balaban J connectivity index is 0.000000225.